The first-order valence-corrected chi connectivity index (χ1v) is 8.20. The Kier molecular flexibility index (Phi) is 4.11. The highest BCUT2D eigenvalue weighted by molar-refractivity contribution is 7.73. The van der Waals surface area contributed by atoms with Gasteiger partial charge in [0.25, 0.3) is 0 Å². The minimum Gasteiger partial charge on any atom is -0.388 e. The van der Waals surface area contributed by atoms with Crippen LogP contribution < -0.4 is 10.6 Å². The summed E-state index contributed by atoms with van der Waals surface area (Å²) in [7, 11) is -0.596. The van der Waals surface area contributed by atoms with Gasteiger partial charge in [0.1, 0.15) is 0 Å². The molecular formula is C18H17OP. The van der Waals surface area contributed by atoms with Gasteiger partial charge in [-0.25, -0.2) is 0 Å². The van der Waals surface area contributed by atoms with E-state index in [9.17, 15) is 5.11 Å². The third-order valence-corrected chi connectivity index (χ3v) is 6.23. The average molecular weight is 280 g/mol. The summed E-state index contributed by atoms with van der Waals surface area (Å²) >= 11 is 0. The largest absolute Gasteiger partial charge is 0.388 e. The standard InChI is InChI=1S/C18H17OP/c19-17-13-7-8-14-18(17)20(15-9-3-1-4-10-15)16-11-5-2-6-12-16/h1-14,17-19H. The van der Waals surface area contributed by atoms with Gasteiger partial charge in [-0.1, -0.05) is 85.0 Å². The molecule has 0 amide bonds. The van der Waals surface area contributed by atoms with Crippen LogP contribution in [0.2, 0.25) is 0 Å². The van der Waals surface area contributed by atoms with Crippen LogP contribution in [0.15, 0.2) is 85.0 Å². The van der Waals surface area contributed by atoms with Gasteiger partial charge in [0.15, 0.2) is 0 Å². The molecule has 2 heteroatoms. The molecule has 0 saturated carbocycles. The lowest BCUT2D eigenvalue weighted by Gasteiger charge is -2.30. The Morgan fingerprint density at radius 2 is 1.20 bits per heavy atom. The number of rotatable bonds is 3. The van der Waals surface area contributed by atoms with Crippen LogP contribution in [0.4, 0.5) is 0 Å². The van der Waals surface area contributed by atoms with Gasteiger partial charge in [-0.3, -0.25) is 0 Å². The van der Waals surface area contributed by atoms with E-state index in [-0.39, 0.29) is 5.66 Å². The molecule has 2 atom stereocenters. The summed E-state index contributed by atoms with van der Waals surface area (Å²) in [6, 6.07) is 21.0. The lowest BCUT2D eigenvalue weighted by Crippen LogP contribution is -2.30. The summed E-state index contributed by atoms with van der Waals surface area (Å²) in [5, 5.41) is 12.9. The Morgan fingerprint density at radius 3 is 1.70 bits per heavy atom. The van der Waals surface area contributed by atoms with Crippen molar-refractivity contribution in [3.8, 4) is 0 Å². The van der Waals surface area contributed by atoms with Crippen molar-refractivity contribution in [2.24, 2.45) is 0 Å². The molecule has 2 aromatic carbocycles. The van der Waals surface area contributed by atoms with Crippen molar-refractivity contribution in [3.05, 3.63) is 85.0 Å². The van der Waals surface area contributed by atoms with Gasteiger partial charge in [-0.05, 0) is 18.5 Å². The first-order chi connectivity index (χ1) is 9.86. The Morgan fingerprint density at radius 1 is 0.700 bits per heavy atom. The molecule has 0 fully saturated rings. The quantitative estimate of drug-likeness (QED) is 0.857. The maximum absolute atomic E-state index is 10.3. The van der Waals surface area contributed by atoms with E-state index in [2.05, 4.69) is 54.6 Å². The van der Waals surface area contributed by atoms with Gasteiger partial charge < -0.3 is 5.11 Å². The lowest BCUT2D eigenvalue weighted by molar-refractivity contribution is 0.229. The zero-order chi connectivity index (χ0) is 13.8. The van der Waals surface area contributed by atoms with Crippen molar-refractivity contribution in [2.45, 2.75) is 11.8 Å². The lowest BCUT2D eigenvalue weighted by atomic mass is 10.1. The van der Waals surface area contributed by atoms with Crippen molar-refractivity contribution in [1.29, 1.82) is 0 Å². The predicted molar refractivity (Wildman–Crippen MR) is 87.1 cm³/mol. The first-order valence-electron chi connectivity index (χ1n) is 6.78. The fourth-order valence-corrected chi connectivity index (χ4v) is 5.14. The highest BCUT2D eigenvalue weighted by atomic mass is 31.1. The number of benzene rings is 2. The summed E-state index contributed by atoms with van der Waals surface area (Å²) < 4.78 is 0. The molecule has 0 aromatic heterocycles. The second kappa shape index (κ2) is 6.17. The summed E-state index contributed by atoms with van der Waals surface area (Å²) in [4.78, 5) is 0. The Balaban J connectivity index is 2.05. The molecule has 0 radical (unpaired) electrons. The second-order valence-corrected chi connectivity index (χ2v) is 7.16. The van der Waals surface area contributed by atoms with Crippen molar-refractivity contribution in [3.63, 3.8) is 0 Å². The molecule has 0 saturated heterocycles. The molecule has 1 aliphatic rings. The Hall–Kier alpha value is -1.69. The molecule has 20 heavy (non-hydrogen) atoms. The van der Waals surface area contributed by atoms with E-state index in [0.717, 1.165) is 0 Å². The van der Waals surface area contributed by atoms with Crippen LogP contribution in [0.5, 0.6) is 0 Å². The fraction of sp³-hybridized carbons (Fsp3) is 0.111. The highest BCUT2D eigenvalue weighted by Gasteiger charge is 2.28. The number of aliphatic hydroxyl groups excluding tert-OH is 1. The maximum atomic E-state index is 10.3. The summed E-state index contributed by atoms with van der Waals surface area (Å²) in [5.74, 6) is 0. The number of hydrogen-bond donors (Lipinski definition) is 1. The summed E-state index contributed by atoms with van der Waals surface area (Å²) in [6.07, 6.45) is 7.57. The smallest absolute Gasteiger partial charge is 0.0832 e. The zero-order valence-electron chi connectivity index (χ0n) is 11.1. The number of aliphatic hydroxyl groups is 1. The normalized spacial score (nSPS) is 21.3. The third-order valence-electron chi connectivity index (χ3n) is 3.44. The van der Waals surface area contributed by atoms with E-state index in [1.807, 2.05) is 30.4 Å². The minimum atomic E-state index is -0.596. The summed E-state index contributed by atoms with van der Waals surface area (Å²) in [5.41, 5.74) is 0.139. The minimum absolute atomic E-state index is 0.139. The molecule has 0 heterocycles. The predicted octanol–water partition coefficient (Wildman–Crippen LogP) is 2.97. The van der Waals surface area contributed by atoms with Gasteiger partial charge in [-0.15, -0.1) is 0 Å². The molecule has 0 bridgehead atoms. The molecule has 1 aliphatic carbocycles. The van der Waals surface area contributed by atoms with E-state index in [0.29, 0.717) is 0 Å². The van der Waals surface area contributed by atoms with Gasteiger partial charge in [0.05, 0.1) is 6.10 Å². The van der Waals surface area contributed by atoms with Gasteiger partial charge >= 0.3 is 0 Å². The van der Waals surface area contributed by atoms with Crippen LogP contribution >= 0.6 is 7.92 Å². The van der Waals surface area contributed by atoms with E-state index in [4.69, 9.17) is 0 Å². The number of hydrogen-bond acceptors (Lipinski definition) is 1. The van der Waals surface area contributed by atoms with E-state index >= 15 is 0 Å². The van der Waals surface area contributed by atoms with Crippen molar-refractivity contribution < 1.29 is 5.11 Å². The molecule has 1 nitrogen and oxygen atoms in total. The molecular weight excluding hydrogens is 263 g/mol. The van der Waals surface area contributed by atoms with Crippen LogP contribution in [0.1, 0.15) is 0 Å². The molecule has 2 aromatic rings. The van der Waals surface area contributed by atoms with Crippen LogP contribution in [-0.2, 0) is 0 Å². The van der Waals surface area contributed by atoms with Crippen molar-refractivity contribution in [2.75, 3.05) is 0 Å². The molecule has 100 valence electrons. The SMILES string of the molecule is OC1C=CC=CC1P(c1ccccc1)c1ccccc1. The average Bonchev–Trinajstić information content (AvgIpc) is 2.52. The highest BCUT2D eigenvalue weighted by Crippen LogP contribution is 2.42. The van der Waals surface area contributed by atoms with Crippen molar-refractivity contribution >= 4 is 18.5 Å². The van der Waals surface area contributed by atoms with E-state index in [1.54, 1.807) is 0 Å². The van der Waals surface area contributed by atoms with Gasteiger partial charge in [0, 0.05) is 5.66 Å². The first kappa shape index (κ1) is 13.3. The van der Waals surface area contributed by atoms with E-state index in [1.165, 1.54) is 10.6 Å². The molecule has 2 unspecified atom stereocenters. The maximum Gasteiger partial charge on any atom is 0.0832 e. The van der Waals surface area contributed by atoms with Crippen LogP contribution in [0.25, 0.3) is 0 Å². The Labute approximate surface area is 121 Å². The second-order valence-electron chi connectivity index (χ2n) is 4.79. The monoisotopic (exact) mass is 280 g/mol. The van der Waals surface area contributed by atoms with Gasteiger partial charge in [-0.2, -0.15) is 0 Å². The van der Waals surface area contributed by atoms with Crippen LogP contribution in [0.3, 0.4) is 0 Å². The topological polar surface area (TPSA) is 20.2 Å². The Bertz CT molecular complexity index is 564. The number of allylic oxidation sites excluding steroid dienone is 2. The van der Waals surface area contributed by atoms with Gasteiger partial charge in [0.2, 0.25) is 0 Å². The zero-order valence-corrected chi connectivity index (χ0v) is 12.0. The molecule has 3 rings (SSSR count). The fourth-order valence-electron chi connectivity index (χ4n) is 2.49. The summed E-state index contributed by atoms with van der Waals surface area (Å²) in [6.45, 7) is 0. The van der Waals surface area contributed by atoms with Crippen LogP contribution in [-0.4, -0.2) is 16.9 Å². The molecule has 1 N–H and O–H groups in total. The molecule has 0 aliphatic heterocycles. The molecule has 0 spiro atoms. The third kappa shape index (κ3) is 2.75. The van der Waals surface area contributed by atoms with Crippen molar-refractivity contribution in [1.82, 2.24) is 0 Å². The van der Waals surface area contributed by atoms with Crippen LogP contribution in [0, 0.1) is 0 Å². The van der Waals surface area contributed by atoms with E-state index < -0.39 is 14.0 Å².